The van der Waals surface area contributed by atoms with E-state index < -0.39 is 6.10 Å². The molecule has 2 saturated carbocycles. The van der Waals surface area contributed by atoms with Crippen molar-refractivity contribution in [3.05, 3.63) is 11.6 Å². The highest BCUT2D eigenvalue weighted by molar-refractivity contribution is 5.25. The summed E-state index contributed by atoms with van der Waals surface area (Å²) in [6.07, 6.45) is 7.70. The quantitative estimate of drug-likeness (QED) is 0.684. The average molecular weight is 322 g/mol. The first-order valence-electron chi connectivity index (χ1n) is 9.34. The fraction of sp³-hybridized carbons (Fsp3) is 0.900. The zero-order valence-corrected chi connectivity index (χ0v) is 15.2. The maximum Gasteiger partial charge on any atom is 0.0858 e. The van der Waals surface area contributed by atoms with E-state index in [-0.39, 0.29) is 29.0 Å². The molecule has 0 radical (unpaired) electrons. The van der Waals surface area contributed by atoms with E-state index in [0.717, 1.165) is 38.5 Å². The van der Waals surface area contributed by atoms with Gasteiger partial charge >= 0.3 is 0 Å². The fourth-order valence-electron chi connectivity index (χ4n) is 6.21. The van der Waals surface area contributed by atoms with Crippen molar-refractivity contribution in [2.24, 2.45) is 28.1 Å². The molecule has 0 aromatic heterocycles. The first kappa shape index (κ1) is 17.4. The molecule has 0 bridgehead atoms. The van der Waals surface area contributed by atoms with Crippen molar-refractivity contribution in [1.29, 1.82) is 0 Å². The van der Waals surface area contributed by atoms with Gasteiger partial charge < -0.3 is 15.3 Å². The molecule has 0 aliphatic heterocycles. The molecule has 0 heterocycles. The van der Waals surface area contributed by atoms with Crippen molar-refractivity contribution >= 4 is 0 Å². The molecule has 3 rings (SSSR count). The summed E-state index contributed by atoms with van der Waals surface area (Å²) in [4.78, 5) is 0. The number of aliphatic hydroxyl groups excluding tert-OH is 3. The molecule has 3 N–H and O–H groups in total. The summed E-state index contributed by atoms with van der Waals surface area (Å²) in [5, 5.41) is 30.1. The van der Waals surface area contributed by atoms with E-state index in [1.807, 2.05) is 0 Å². The zero-order chi connectivity index (χ0) is 17.0. The first-order chi connectivity index (χ1) is 10.6. The smallest absolute Gasteiger partial charge is 0.0858 e. The summed E-state index contributed by atoms with van der Waals surface area (Å²) >= 11 is 0. The van der Waals surface area contributed by atoms with Gasteiger partial charge in [0.2, 0.25) is 0 Å². The van der Waals surface area contributed by atoms with Crippen molar-refractivity contribution in [2.75, 3.05) is 6.61 Å². The minimum Gasteiger partial charge on any atom is -0.394 e. The van der Waals surface area contributed by atoms with Crippen LogP contribution in [0, 0.1) is 28.1 Å². The lowest BCUT2D eigenvalue weighted by Crippen LogP contribution is -2.55. The van der Waals surface area contributed by atoms with Crippen molar-refractivity contribution in [1.82, 2.24) is 0 Å². The van der Waals surface area contributed by atoms with Crippen LogP contribution in [-0.2, 0) is 0 Å². The van der Waals surface area contributed by atoms with Gasteiger partial charge in [-0.25, -0.2) is 0 Å². The molecule has 3 heteroatoms. The third-order valence-corrected chi connectivity index (χ3v) is 7.90. The highest BCUT2D eigenvalue weighted by Crippen LogP contribution is 2.63. The molecule has 4 unspecified atom stereocenters. The second-order valence-electron chi connectivity index (χ2n) is 9.49. The van der Waals surface area contributed by atoms with Crippen LogP contribution in [0.4, 0.5) is 0 Å². The minimum atomic E-state index is -0.661. The van der Waals surface area contributed by atoms with E-state index in [1.165, 1.54) is 5.57 Å². The number of rotatable bonds is 2. The maximum atomic E-state index is 10.5. The van der Waals surface area contributed by atoms with Gasteiger partial charge in [0, 0.05) is 5.41 Å². The molecule has 3 nitrogen and oxygen atoms in total. The SMILES string of the molecule is CC1(C)C(O)CC[C@@]2(C)C3CC[C@](C)(C(O)CO)C=C3CCC12. The average Bonchev–Trinajstić information content (AvgIpc) is 2.50. The monoisotopic (exact) mass is 322 g/mol. The van der Waals surface area contributed by atoms with Gasteiger partial charge in [0.05, 0.1) is 18.8 Å². The third-order valence-electron chi connectivity index (χ3n) is 7.90. The second-order valence-corrected chi connectivity index (χ2v) is 9.49. The summed E-state index contributed by atoms with van der Waals surface area (Å²) in [6.45, 7) is 8.85. The van der Waals surface area contributed by atoms with Gasteiger partial charge in [-0.3, -0.25) is 0 Å². The Morgan fingerprint density at radius 1 is 1.13 bits per heavy atom. The van der Waals surface area contributed by atoms with Crippen molar-refractivity contribution in [3.63, 3.8) is 0 Å². The van der Waals surface area contributed by atoms with Crippen LogP contribution in [-0.4, -0.2) is 34.1 Å². The highest BCUT2D eigenvalue weighted by atomic mass is 16.3. The molecule has 3 aliphatic carbocycles. The molecular weight excluding hydrogens is 288 g/mol. The van der Waals surface area contributed by atoms with Gasteiger partial charge in [0.1, 0.15) is 0 Å². The Kier molecular flexibility index (Phi) is 4.23. The number of fused-ring (bicyclic) bond motifs is 3. The maximum absolute atomic E-state index is 10.5. The van der Waals surface area contributed by atoms with Crippen LogP contribution in [0.5, 0.6) is 0 Å². The van der Waals surface area contributed by atoms with Gasteiger partial charge in [-0.05, 0) is 61.2 Å². The summed E-state index contributed by atoms with van der Waals surface area (Å²) in [7, 11) is 0. The van der Waals surface area contributed by atoms with Crippen LogP contribution < -0.4 is 0 Å². The van der Waals surface area contributed by atoms with Gasteiger partial charge in [-0.15, -0.1) is 0 Å². The van der Waals surface area contributed by atoms with Crippen LogP contribution in [0.25, 0.3) is 0 Å². The largest absolute Gasteiger partial charge is 0.394 e. The summed E-state index contributed by atoms with van der Waals surface area (Å²) in [5.41, 5.74) is 1.47. The van der Waals surface area contributed by atoms with Crippen LogP contribution in [0.2, 0.25) is 0 Å². The van der Waals surface area contributed by atoms with E-state index in [9.17, 15) is 15.3 Å². The number of hydrogen-bond donors (Lipinski definition) is 3. The zero-order valence-electron chi connectivity index (χ0n) is 15.2. The lowest BCUT2D eigenvalue weighted by Gasteiger charge is -2.61. The predicted molar refractivity (Wildman–Crippen MR) is 91.9 cm³/mol. The van der Waals surface area contributed by atoms with Gasteiger partial charge in [-0.1, -0.05) is 39.3 Å². The minimum absolute atomic E-state index is 0.0100. The Morgan fingerprint density at radius 3 is 2.48 bits per heavy atom. The Bertz CT molecular complexity index is 497. The molecular formula is C20H34O3. The van der Waals surface area contributed by atoms with Crippen LogP contribution in [0.1, 0.15) is 66.2 Å². The predicted octanol–water partition coefficient (Wildman–Crippen LogP) is 3.28. The summed E-state index contributed by atoms with van der Waals surface area (Å²) in [5.74, 6) is 1.14. The van der Waals surface area contributed by atoms with E-state index in [1.54, 1.807) is 0 Å². The molecule has 0 amide bonds. The Balaban J connectivity index is 1.93. The Labute approximate surface area is 140 Å². The van der Waals surface area contributed by atoms with Gasteiger partial charge in [0.15, 0.2) is 0 Å². The summed E-state index contributed by atoms with van der Waals surface area (Å²) in [6, 6.07) is 0. The van der Waals surface area contributed by atoms with E-state index in [4.69, 9.17) is 0 Å². The molecule has 0 spiro atoms. The van der Waals surface area contributed by atoms with Crippen molar-refractivity contribution in [3.8, 4) is 0 Å². The van der Waals surface area contributed by atoms with Gasteiger partial charge in [0.25, 0.3) is 0 Å². The highest BCUT2D eigenvalue weighted by Gasteiger charge is 2.57. The molecule has 6 atom stereocenters. The molecule has 3 aliphatic rings. The summed E-state index contributed by atoms with van der Waals surface area (Å²) < 4.78 is 0. The van der Waals surface area contributed by atoms with Crippen LogP contribution >= 0.6 is 0 Å². The number of aliphatic hydroxyl groups is 3. The Hall–Kier alpha value is -0.380. The molecule has 132 valence electrons. The van der Waals surface area contributed by atoms with E-state index in [0.29, 0.717) is 11.8 Å². The molecule has 0 aromatic rings. The number of allylic oxidation sites excluding steroid dienone is 1. The van der Waals surface area contributed by atoms with E-state index in [2.05, 4.69) is 33.8 Å². The third kappa shape index (κ3) is 2.51. The standard InChI is InChI=1S/C20H34O3/c1-18(2)15-6-5-13-11-19(3,17(23)12-21)9-7-14(13)20(15,4)10-8-16(18)22/h11,14-17,21-23H,5-10,12H2,1-4H3/t14?,15?,16?,17?,19-,20-/m0/s1. The topological polar surface area (TPSA) is 60.7 Å². The molecule has 0 saturated heterocycles. The molecule has 2 fully saturated rings. The van der Waals surface area contributed by atoms with Crippen molar-refractivity contribution < 1.29 is 15.3 Å². The number of hydrogen-bond acceptors (Lipinski definition) is 3. The van der Waals surface area contributed by atoms with E-state index >= 15 is 0 Å². The molecule has 23 heavy (non-hydrogen) atoms. The Morgan fingerprint density at radius 2 is 1.83 bits per heavy atom. The fourth-order valence-corrected chi connectivity index (χ4v) is 6.21. The second kappa shape index (κ2) is 5.57. The lowest BCUT2D eigenvalue weighted by molar-refractivity contribution is -0.129. The first-order valence-corrected chi connectivity index (χ1v) is 9.34. The van der Waals surface area contributed by atoms with Crippen LogP contribution in [0.3, 0.4) is 0 Å². The van der Waals surface area contributed by atoms with Crippen molar-refractivity contribution in [2.45, 2.75) is 78.4 Å². The van der Waals surface area contributed by atoms with Gasteiger partial charge in [-0.2, -0.15) is 0 Å². The lowest BCUT2D eigenvalue weighted by atomic mass is 9.45. The molecule has 0 aromatic carbocycles. The normalized spacial score (nSPS) is 47.3. The van der Waals surface area contributed by atoms with Crippen LogP contribution in [0.15, 0.2) is 11.6 Å².